The number of ketones is 1. The molecule has 0 aromatic heterocycles. The average Bonchev–Trinajstić information content (AvgIpc) is 3.05. The molecule has 3 aliphatic carbocycles. The van der Waals surface area contributed by atoms with Crippen LogP contribution in [0.25, 0.3) is 6.08 Å². The van der Waals surface area contributed by atoms with Crippen molar-refractivity contribution >= 4 is 17.8 Å². The molecular weight excluding hydrogens is 400 g/mol. The Labute approximate surface area is 192 Å². The third kappa shape index (κ3) is 4.19. The number of Topliss-reactive ketones (excluding diaryl/α,β-unsaturated/α-hetero) is 1. The highest BCUT2D eigenvalue weighted by atomic mass is 16.5. The average molecular weight is 439 g/mol. The molecule has 32 heavy (non-hydrogen) atoms. The van der Waals surface area contributed by atoms with Crippen molar-refractivity contribution in [2.45, 2.75) is 84.8 Å². The van der Waals surface area contributed by atoms with Gasteiger partial charge in [0.15, 0.2) is 0 Å². The van der Waals surface area contributed by atoms with Crippen LogP contribution in [0.1, 0.15) is 76.8 Å². The summed E-state index contributed by atoms with van der Waals surface area (Å²) in [6.45, 7) is 7.98. The van der Waals surface area contributed by atoms with E-state index in [0.717, 1.165) is 44.1 Å². The monoisotopic (exact) mass is 438 g/mol. The number of hydrogen-bond acceptors (Lipinski definition) is 4. The molecular formula is C28H38O4. The Morgan fingerprint density at radius 1 is 1.09 bits per heavy atom. The van der Waals surface area contributed by atoms with E-state index in [0.29, 0.717) is 12.2 Å². The first kappa shape index (κ1) is 23.2. The van der Waals surface area contributed by atoms with Crippen LogP contribution in [-0.2, 0) is 14.3 Å². The van der Waals surface area contributed by atoms with Gasteiger partial charge in [0, 0.05) is 30.6 Å². The van der Waals surface area contributed by atoms with Crippen molar-refractivity contribution in [3.63, 3.8) is 0 Å². The van der Waals surface area contributed by atoms with Crippen molar-refractivity contribution in [3.05, 3.63) is 41.5 Å². The van der Waals surface area contributed by atoms with Crippen molar-refractivity contribution in [3.8, 4) is 0 Å². The minimum Gasteiger partial charge on any atom is -0.462 e. The fraction of sp³-hybridized carbons (Fsp3) is 0.643. The van der Waals surface area contributed by atoms with E-state index in [4.69, 9.17) is 4.74 Å². The predicted octanol–water partition coefficient (Wildman–Crippen LogP) is 5.50. The normalized spacial score (nSPS) is 39.8. The molecule has 174 valence electrons. The highest BCUT2D eigenvalue weighted by Crippen LogP contribution is 2.59. The van der Waals surface area contributed by atoms with Crippen LogP contribution in [-0.4, -0.2) is 29.1 Å². The van der Waals surface area contributed by atoms with Gasteiger partial charge in [-0.1, -0.05) is 55.8 Å². The predicted molar refractivity (Wildman–Crippen MR) is 126 cm³/mol. The highest BCUT2D eigenvalue weighted by molar-refractivity contribution is 5.87. The zero-order valence-corrected chi connectivity index (χ0v) is 20.0. The number of esters is 1. The second-order valence-corrected chi connectivity index (χ2v) is 11.0. The Kier molecular flexibility index (Phi) is 6.37. The van der Waals surface area contributed by atoms with Crippen LogP contribution in [0.3, 0.4) is 0 Å². The lowest BCUT2D eigenvalue weighted by molar-refractivity contribution is -0.174. The molecule has 0 heterocycles. The standard InChI is InChI=1S/C28H38O4/c1-18-5-7-20(8-6-18)9-10-21-17-22(30)13-15-27(21,3)24-14-16-28(4)23(11-12-25(28)31)26(24)32-19(2)29/h5-10,21-24,26,30H,11-17H2,1-4H3/b10-9+/t21-,22-,23?,24?,26-,27-,28-/m0/s1. The Hall–Kier alpha value is -1.94. The number of fused-ring (bicyclic) bond motifs is 1. The number of aliphatic hydroxyl groups excluding tert-OH is 1. The van der Waals surface area contributed by atoms with Gasteiger partial charge in [0.05, 0.1) is 6.10 Å². The SMILES string of the molecule is CC(=O)O[C@H]1C2CCC(=O)[C@@]2(C)CCC1[C@@]1(C)CC[C@H](O)C[C@@H]1/C=C/c1ccc(C)cc1. The van der Waals surface area contributed by atoms with Crippen LogP contribution >= 0.6 is 0 Å². The number of carbonyl (C=O) groups excluding carboxylic acids is 2. The van der Waals surface area contributed by atoms with Crippen molar-refractivity contribution < 1.29 is 19.4 Å². The van der Waals surface area contributed by atoms with Gasteiger partial charge in [0.25, 0.3) is 0 Å². The van der Waals surface area contributed by atoms with E-state index in [9.17, 15) is 14.7 Å². The summed E-state index contributed by atoms with van der Waals surface area (Å²) in [5.74, 6) is 0.559. The minimum atomic E-state index is -0.367. The van der Waals surface area contributed by atoms with Crippen molar-refractivity contribution in [2.75, 3.05) is 0 Å². The molecule has 3 saturated carbocycles. The number of benzene rings is 1. The number of carbonyl (C=O) groups is 2. The molecule has 0 radical (unpaired) electrons. The van der Waals surface area contributed by atoms with Gasteiger partial charge >= 0.3 is 5.97 Å². The highest BCUT2D eigenvalue weighted by Gasteiger charge is 2.59. The minimum absolute atomic E-state index is 0.0898. The second-order valence-electron chi connectivity index (χ2n) is 11.0. The summed E-state index contributed by atoms with van der Waals surface area (Å²) in [7, 11) is 0. The zero-order valence-electron chi connectivity index (χ0n) is 20.0. The van der Waals surface area contributed by atoms with E-state index in [1.165, 1.54) is 12.5 Å². The molecule has 1 aromatic carbocycles. The Bertz CT molecular complexity index is 887. The molecule has 4 heteroatoms. The Balaban J connectivity index is 1.66. The molecule has 0 spiro atoms. The third-order valence-corrected chi connectivity index (χ3v) is 9.04. The van der Waals surface area contributed by atoms with E-state index >= 15 is 0 Å². The largest absolute Gasteiger partial charge is 0.462 e. The van der Waals surface area contributed by atoms with Crippen molar-refractivity contribution in [1.29, 1.82) is 0 Å². The maximum Gasteiger partial charge on any atom is 0.302 e. The molecule has 4 rings (SSSR count). The smallest absolute Gasteiger partial charge is 0.302 e. The molecule has 3 fully saturated rings. The second kappa shape index (κ2) is 8.78. The summed E-state index contributed by atoms with van der Waals surface area (Å²) in [6.07, 6.45) is 9.47. The van der Waals surface area contributed by atoms with Gasteiger partial charge in [0.1, 0.15) is 11.9 Å². The lowest BCUT2D eigenvalue weighted by Gasteiger charge is -2.55. The summed E-state index contributed by atoms with van der Waals surface area (Å²) in [6, 6.07) is 8.48. The lowest BCUT2D eigenvalue weighted by atomic mass is 9.52. The number of ether oxygens (including phenoxy) is 1. The Morgan fingerprint density at radius 3 is 2.50 bits per heavy atom. The van der Waals surface area contributed by atoms with Crippen LogP contribution in [0, 0.1) is 35.5 Å². The number of aliphatic hydroxyl groups is 1. The lowest BCUT2D eigenvalue weighted by Crippen LogP contribution is -2.54. The topological polar surface area (TPSA) is 63.6 Å². The molecule has 3 aliphatic rings. The fourth-order valence-electron chi connectivity index (χ4n) is 6.92. The molecule has 0 amide bonds. The molecule has 2 unspecified atom stereocenters. The van der Waals surface area contributed by atoms with Crippen LogP contribution < -0.4 is 0 Å². The fourth-order valence-corrected chi connectivity index (χ4v) is 6.92. The van der Waals surface area contributed by atoms with Crippen LogP contribution in [0.2, 0.25) is 0 Å². The van der Waals surface area contributed by atoms with Gasteiger partial charge in [0.2, 0.25) is 0 Å². The molecule has 0 saturated heterocycles. The molecule has 1 aromatic rings. The number of allylic oxidation sites excluding steroid dienone is 1. The van der Waals surface area contributed by atoms with Gasteiger partial charge in [-0.3, -0.25) is 9.59 Å². The van der Waals surface area contributed by atoms with Crippen LogP contribution in [0.15, 0.2) is 30.3 Å². The maximum absolute atomic E-state index is 12.7. The molecule has 7 atom stereocenters. The molecule has 0 bridgehead atoms. The molecule has 1 N–H and O–H groups in total. The van der Waals surface area contributed by atoms with E-state index in [1.807, 2.05) is 0 Å². The number of hydrogen-bond donors (Lipinski definition) is 1. The van der Waals surface area contributed by atoms with Crippen molar-refractivity contribution in [2.24, 2.45) is 28.6 Å². The van der Waals surface area contributed by atoms with E-state index in [1.54, 1.807) is 0 Å². The molecule has 0 aliphatic heterocycles. The van der Waals surface area contributed by atoms with Gasteiger partial charge in [-0.2, -0.15) is 0 Å². The first-order valence-electron chi connectivity index (χ1n) is 12.3. The summed E-state index contributed by atoms with van der Waals surface area (Å²) in [5.41, 5.74) is 1.94. The van der Waals surface area contributed by atoms with E-state index in [-0.39, 0.29) is 46.8 Å². The van der Waals surface area contributed by atoms with Crippen LogP contribution in [0.5, 0.6) is 0 Å². The Morgan fingerprint density at radius 2 is 1.81 bits per heavy atom. The summed E-state index contributed by atoms with van der Waals surface area (Å²) in [4.78, 5) is 24.9. The number of rotatable bonds is 4. The first-order valence-corrected chi connectivity index (χ1v) is 12.3. The third-order valence-electron chi connectivity index (χ3n) is 9.04. The van der Waals surface area contributed by atoms with E-state index in [2.05, 4.69) is 57.2 Å². The van der Waals surface area contributed by atoms with Gasteiger partial charge < -0.3 is 9.84 Å². The van der Waals surface area contributed by atoms with Gasteiger partial charge in [-0.05, 0) is 62.3 Å². The van der Waals surface area contributed by atoms with Crippen molar-refractivity contribution in [1.82, 2.24) is 0 Å². The van der Waals surface area contributed by atoms with Crippen LogP contribution in [0.4, 0.5) is 0 Å². The van der Waals surface area contributed by atoms with Gasteiger partial charge in [-0.25, -0.2) is 0 Å². The summed E-state index contributed by atoms with van der Waals surface area (Å²) in [5, 5.41) is 10.5. The number of aryl methyl sites for hydroxylation is 1. The quantitative estimate of drug-likeness (QED) is 0.630. The zero-order chi connectivity index (χ0) is 23.1. The van der Waals surface area contributed by atoms with Gasteiger partial charge in [-0.15, -0.1) is 0 Å². The summed E-state index contributed by atoms with van der Waals surface area (Å²) < 4.78 is 6.02. The summed E-state index contributed by atoms with van der Waals surface area (Å²) >= 11 is 0. The maximum atomic E-state index is 12.7. The molecule has 4 nitrogen and oxygen atoms in total. The first-order chi connectivity index (χ1) is 15.1. The van der Waals surface area contributed by atoms with E-state index < -0.39 is 0 Å².